The van der Waals surface area contributed by atoms with Crippen LogP contribution in [-0.4, -0.2) is 18.8 Å². The first kappa shape index (κ1) is 23.6. The molecule has 3 aliphatic rings. The Balaban J connectivity index is 0.00000112. The van der Waals surface area contributed by atoms with Crippen molar-refractivity contribution in [1.82, 2.24) is 4.67 Å². The van der Waals surface area contributed by atoms with Gasteiger partial charge in [0.25, 0.3) is 0 Å². The summed E-state index contributed by atoms with van der Waals surface area (Å²) < 4.78 is 15.5. The summed E-state index contributed by atoms with van der Waals surface area (Å²) in [4.78, 5) is 0. The molecule has 31 heavy (non-hydrogen) atoms. The Morgan fingerprint density at radius 1 is 0.806 bits per heavy atom. The number of aryl methyl sites for hydroxylation is 2. The van der Waals surface area contributed by atoms with E-state index < -0.39 is 8.53 Å². The van der Waals surface area contributed by atoms with E-state index >= 15 is 0 Å². The number of benzene rings is 2. The number of nitrogens with zero attached hydrogens (tertiary/aromatic N) is 1. The summed E-state index contributed by atoms with van der Waals surface area (Å²) in [6, 6.07) is 9.29. The van der Waals surface area contributed by atoms with Gasteiger partial charge < -0.3 is 0 Å². The van der Waals surface area contributed by atoms with Gasteiger partial charge in [-0.2, -0.15) is 0 Å². The van der Waals surface area contributed by atoms with E-state index in [0.717, 1.165) is 24.3 Å². The zero-order valence-corrected chi connectivity index (χ0v) is 23.6. The van der Waals surface area contributed by atoms with Gasteiger partial charge in [0.1, 0.15) is 0 Å². The summed E-state index contributed by atoms with van der Waals surface area (Å²) in [5.74, 6) is 2.09. The van der Waals surface area contributed by atoms with Crippen LogP contribution in [0.1, 0.15) is 73.9 Å². The van der Waals surface area contributed by atoms with Crippen molar-refractivity contribution in [2.45, 2.75) is 70.6 Å². The van der Waals surface area contributed by atoms with Crippen LogP contribution in [0.25, 0.3) is 0 Å². The van der Waals surface area contributed by atoms with Crippen molar-refractivity contribution in [2.24, 2.45) is 0 Å². The third kappa shape index (κ3) is 3.52. The van der Waals surface area contributed by atoms with Crippen molar-refractivity contribution in [3.05, 3.63) is 57.6 Å². The third-order valence-corrected chi connectivity index (χ3v) is 8.67. The molecule has 0 atom stereocenters. The molecule has 0 saturated heterocycles. The molecule has 1 spiro atoms. The van der Waals surface area contributed by atoms with Crippen LogP contribution in [0.4, 0.5) is 0 Å². The van der Waals surface area contributed by atoms with Gasteiger partial charge in [-0.15, -0.1) is 4.67 Å². The fraction of sp³-hybridized carbons (Fsp3) is 0.520. The van der Waals surface area contributed by atoms with E-state index in [0.29, 0.717) is 0 Å². The van der Waals surface area contributed by atoms with Gasteiger partial charge in [0.05, 0.1) is 0 Å². The summed E-state index contributed by atoms with van der Waals surface area (Å²) in [6.45, 7) is 14.0. The third-order valence-electron chi connectivity index (χ3n) is 7.16. The molecule has 0 bridgehead atoms. The van der Waals surface area contributed by atoms with E-state index in [1.807, 2.05) is 0 Å². The van der Waals surface area contributed by atoms with Crippen molar-refractivity contribution in [3.8, 4) is 11.5 Å². The fourth-order valence-corrected chi connectivity index (χ4v) is 7.46. The molecule has 2 aromatic carbocycles. The van der Waals surface area contributed by atoms with Gasteiger partial charge in [0, 0.05) is 30.6 Å². The first-order valence-corrected chi connectivity index (χ1v) is 14.7. The van der Waals surface area contributed by atoms with Crippen molar-refractivity contribution in [1.29, 1.82) is 0 Å². The molecule has 6 heteroatoms. The second-order valence-corrected chi connectivity index (χ2v) is 12.8. The Morgan fingerprint density at radius 2 is 1.19 bits per heavy atom. The number of rotatable bonds is 1. The zero-order valence-electron chi connectivity index (χ0n) is 19.7. The second-order valence-electron chi connectivity index (χ2n) is 10.9. The molecule has 3 nitrogen and oxygen atoms in total. The average molecular weight is 643 g/mol. The van der Waals surface area contributed by atoms with Gasteiger partial charge in [-0.25, -0.2) is 0 Å². The van der Waals surface area contributed by atoms with E-state index in [-0.39, 0.29) is 16.2 Å². The van der Waals surface area contributed by atoms with Crippen LogP contribution in [0.3, 0.4) is 0 Å². The monoisotopic (exact) mass is 642 g/mol. The quantitative estimate of drug-likeness (QED) is 0.249. The van der Waals surface area contributed by atoms with E-state index in [4.69, 9.17) is 9.05 Å². The molecule has 0 fully saturated rings. The molecule has 1 aliphatic heterocycles. The van der Waals surface area contributed by atoms with E-state index in [2.05, 4.69) is 93.8 Å². The maximum absolute atomic E-state index is 6.68. The Kier molecular flexibility index (Phi) is 5.91. The van der Waals surface area contributed by atoms with Crippen molar-refractivity contribution < 1.29 is 29.0 Å². The van der Waals surface area contributed by atoms with Crippen LogP contribution in [-0.2, 0) is 36.2 Å². The van der Waals surface area contributed by atoms with Crippen LogP contribution < -0.4 is 9.05 Å². The van der Waals surface area contributed by atoms with Gasteiger partial charge in [-0.1, -0.05) is 39.8 Å². The maximum atomic E-state index is 6.68. The molecular formula is C25H33AuClNO2P+. The van der Waals surface area contributed by atoms with Crippen molar-refractivity contribution in [2.75, 3.05) is 14.1 Å². The van der Waals surface area contributed by atoms with Crippen LogP contribution in [0, 0.1) is 13.8 Å². The number of hydrogen-bond donors (Lipinski definition) is 0. The van der Waals surface area contributed by atoms with E-state index in [1.165, 1.54) is 33.4 Å². The minimum absolute atomic E-state index is 0.0383. The predicted octanol–water partition coefficient (Wildman–Crippen LogP) is 6.93. The average Bonchev–Trinajstić information content (AvgIpc) is 3.00. The topological polar surface area (TPSA) is 21.7 Å². The van der Waals surface area contributed by atoms with Crippen LogP contribution in [0.5, 0.6) is 11.5 Å². The van der Waals surface area contributed by atoms with Crippen LogP contribution >= 0.6 is 17.7 Å². The molecule has 0 aromatic heterocycles. The summed E-state index contributed by atoms with van der Waals surface area (Å²) in [5.41, 5.74) is 8.49. The number of hydrogen-bond acceptors (Lipinski definition) is 3. The summed E-state index contributed by atoms with van der Waals surface area (Å²) >= 11 is 1.75. The Morgan fingerprint density at radius 3 is 1.55 bits per heavy atom. The molecule has 2 aliphatic carbocycles. The molecule has 0 unspecified atom stereocenters. The normalized spacial score (nSPS) is 21.2. The molecule has 0 saturated carbocycles. The van der Waals surface area contributed by atoms with E-state index in [9.17, 15) is 0 Å². The Labute approximate surface area is 204 Å². The molecule has 5 rings (SSSR count). The van der Waals surface area contributed by atoms with Crippen molar-refractivity contribution in [3.63, 3.8) is 0 Å². The molecule has 1 heterocycles. The summed E-state index contributed by atoms with van der Waals surface area (Å²) in [7, 11) is 7.05. The molecule has 2 aromatic rings. The summed E-state index contributed by atoms with van der Waals surface area (Å²) in [5, 5.41) is 0. The number of halogens is 1. The predicted molar refractivity (Wildman–Crippen MR) is 128 cm³/mol. The zero-order chi connectivity index (χ0) is 22.9. The molecule has 0 N–H and O–H groups in total. The summed E-state index contributed by atoms with van der Waals surface area (Å²) in [6.07, 6.45) is 2.21. The van der Waals surface area contributed by atoms with Crippen LogP contribution in [0.15, 0.2) is 24.3 Å². The van der Waals surface area contributed by atoms with Gasteiger partial charge in [-0.3, -0.25) is 9.05 Å². The Hall–Kier alpha value is -0.540. The second kappa shape index (κ2) is 7.76. The van der Waals surface area contributed by atoms with Crippen molar-refractivity contribution >= 4 is 17.7 Å². The SMILES string of the molecule is Cc1cc2c3c(c1)C(C)(C)CC31CC(C)(C)c3cc(C)cc(c31)O[PH+](N(C)C)O2.[Cl][Au]. The van der Waals surface area contributed by atoms with Gasteiger partial charge in [0.2, 0.25) is 0 Å². The standard InChI is InChI=1S/C25H32NO2P.Au.ClH/c1-15-9-17-21-19(11-15)27-29(26(7)8)28-20-12-16(2)10-18-22(20)25(21,13-23(17,3)4)14-24(18,5)6;;/h9-12H,13-14H2,1-8H3;;1H/q;+1;. The molecule has 0 radical (unpaired) electrons. The van der Waals surface area contributed by atoms with Gasteiger partial charge in [-0.05, 0) is 71.9 Å². The fourth-order valence-electron chi connectivity index (χ4n) is 6.35. The van der Waals surface area contributed by atoms with Gasteiger partial charge in [0.15, 0.2) is 11.5 Å². The van der Waals surface area contributed by atoms with E-state index in [1.54, 1.807) is 20.0 Å². The van der Waals surface area contributed by atoms with Crippen LogP contribution in [0.2, 0.25) is 0 Å². The Bertz CT molecular complexity index is 971. The first-order chi connectivity index (χ1) is 14.4. The molecule has 172 valence electrons. The minimum atomic E-state index is -1.65. The molecule has 0 amide bonds. The van der Waals surface area contributed by atoms with Gasteiger partial charge >= 0.3 is 37.7 Å². The molecular weight excluding hydrogens is 610 g/mol. The first-order valence-electron chi connectivity index (χ1n) is 10.8.